The lowest BCUT2D eigenvalue weighted by Crippen LogP contribution is -2.24. The first kappa shape index (κ1) is 17.5. The maximum absolute atomic E-state index is 13.8. The standard InChI is InChI=1S/C18H26BrFN2/c1-7-14-15(9-18(5,6)11-17(2,3)4)22-10-12(19)13(20)8-16(22)21-14/h8,10H,7,9,11H2,1-6H3. The lowest BCUT2D eigenvalue weighted by molar-refractivity contribution is 0.209. The highest BCUT2D eigenvalue weighted by Crippen LogP contribution is 2.37. The van der Waals surface area contributed by atoms with Crippen LogP contribution in [0.15, 0.2) is 16.7 Å². The van der Waals surface area contributed by atoms with Gasteiger partial charge in [0.05, 0.1) is 10.2 Å². The molecular weight excluding hydrogens is 343 g/mol. The average molecular weight is 369 g/mol. The summed E-state index contributed by atoms with van der Waals surface area (Å²) in [4.78, 5) is 4.62. The first-order chi connectivity index (χ1) is 10.0. The van der Waals surface area contributed by atoms with Gasteiger partial charge in [-0.25, -0.2) is 9.37 Å². The van der Waals surface area contributed by atoms with Gasteiger partial charge in [-0.2, -0.15) is 0 Å². The summed E-state index contributed by atoms with van der Waals surface area (Å²) < 4.78 is 16.3. The van der Waals surface area contributed by atoms with E-state index in [9.17, 15) is 4.39 Å². The maximum atomic E-state index is 13.8. The number of hydrogen-bond donors (Lipinski definition) is 0. The molecule has 2 rings (SSSR count). The van der Waals surface area contributed by atoms with E-state index in [0.29, 0.717) is 10.1 Å². The van der Waals surface area contributed by atoms with Crippen LogP contribution in [-0.2, 0) is 12.8 Å². The van der Waals surface area contributed by atoms with Gasteiger partial charge in [-0.15, -0.1) is 0 Å². The van der Waals surface area contributed by atoms with Crippen LogP contribution in [0.1, 0.15) is 59.4 Å². The van der Waals surface area contributed by atoms with Gasteiger partial charge in [-0.3, -0.25) is 0 Å². The van der Waals surface area contributed by atoms with Crippen molar-refractivity contribution in [1.29, 1.82) is 0 Å². The van der Waals surface area contributed by atoms with Gasteiger partial charge >= 0.3 is 0 Å². The van der Waals surface area contributed by atoms with Crippen molar-refractivity contribution in [3.63, 3.8) is 0 Å². The van der Waals surface area contributed by atoms with Crippen LogP contribution in [0.4, 0.5) is 4.39 Å². The molecule has 0 aliphatic heterocycles. The van der Waals surface area contributed by atoms with Gasteiger partial charge in [0, 0.05) is 18.0 Å². The summed E-state index contributed by atoms with van der Waals surface area (Å²) in [6, 6.07) is 1.50. The van der Waals surface area contributed by atoms with Gasteiger partial charge in [0.1, 0.15) is 11.5 Å². The van der Waals surface area contributed by atoms with Crippen LogP contribution in [0, 0.1) is 16.6 Å². The van der Waals surface area contributed by atoms with E-state index in [4.69, 9.17) is 0 Å². The number of nitrogens with zero attached hydrogens (tertiary/aromatic N) is 2. The van der Waals surface area contributed by atoms with E-state index in [1.54, 1.807) is 6.20 Å². The monoisotopic (exact) mass is 368 g/mol. The molecule has 0 atom stereocenters. The summed E-state index contributed by atoms with van der Waals surface area (Å²) in [5.74, 6) is -0.263. The zero-order chi connectivity index (χ0) is 16.7. The topological polar surface area (TPSA) is 17.3 Å². The first-order valence-corrected chi connectivity index (χ1v) is 8.66. The number of rotatable bonds is 4. The lowest BCUT2D eigenvalue weighted by Gasteiger charge is -2.32. The molecule has 0 saturated heterocycles. The minimum atomic E-state index is -0.263. The molecule has 4 heteroatoms. The predicted octanol–water partition coefficient (Wildman–Crippen LogP) is 5.80. The Morgan fingerprint density at radius 3 is 2.41 bits per heavy atom. The molecule has 2 nitrogen and oxygen atoms in total. The van der Waals surface area contributed by atoms with Crippen LogP contribution in [0.3, 0.4) is 0 Å². The molecule has 22 heavy (non-hydrogen) atoms. The fourth-order valence-electron chi connectivity index (χ4n) is 3.56. The molecule has 0 aliphatic carbocycles. The van der Waals surface area contributed by atoms with Crippen molar-refractivity contribution >= 4 is 21.6 Å². The second-order valence-electron chi connectivity index (χ2n) is 8.13. The van der Waals surface area contributed by atoms with Crippen LogP contribution in [0.25, 0.3) is 5.65 Å². The first-order valence-electron chi connectivity index (χ1n) is 7.87. The van der Waals surface area contributed by atoms with E-state index in [2.05, 4.69) is 62.5 Å². The van der Waals surface area contributed by atoms with Crippen LogP contribution in [-0.4, -0.2) is 9.38 Å². The molecule has 0 aliphatic rings. The molecule has 2 heterocycles. The molecule has 0 N–H and O–H groups in total. The smallest absolute Gasteiger partial charge is 0.142 e. The zero-order valence-electron chi connectivity index (χ0n) is 14.4. The van der Waals surface area contributed by atoms with E-state index >= 15 is 0 Å². The third-order valence-corrected chi connectivity index (χ3v) is 4.42. The van der Waals surface area contributed by atoms with Gasteiger partial charge in [0.2, 0.25) is 0 Å². The summed E-state index contributed by atoms with van der Waals surface area (Å²) in [6.45, 7) is 13.5. The summed E-state index contributed by atoms with van der Waals surface area (Å²) in [7, 11) is 0. The molecule has 0 aromatic carbocycles. The van der Waals surface area contributed by atoms with E-state index in [1.165, 1.54) is 11.8 Å². The van der Waals surface area contributed by atoms with Crippen molar-refractivity contribution in [3.8, 4) is 0 Å². The Labute approximate surface area is 141 Å². The molecule has 0 amide bonds. The van der Waals surface area contributed by atoms with Gasteiger partial charge in [0.25, 0.3) is 0 Å². The van der Waals surface area contributed by atoms with Gasteiger partial charge in [-0.05, 0) is 46.0 Å². The summed E-state index contributed by atoms with van der Waals surface area (Å²) >= 11 is 3.29. The van der Waals surface area contributed by atoms with Crippen molar-refractivity contribution in [2.75, 3.05) is 0 Å². The third-order valence-electron chi connectivity index (χ3n) is 3.84. The molecule has 122 valence electrons. The molecule has 0 saturated carbocycles. The molecule has 2 aromatic heterocycles. The van der Waals surface area contributed by atoms with Crippen LogP contribution >= 0.6 is 15.9 Å². The highest BCUT2D eigenvalue weighted by molar-refractivity contribution is 9.10. The SMILES string of the molecule is CCc1nc2cc(F)c(Br)cn2c1CC(C)(C)CC(C)(C)C. The van der Waals surface area contributed by atoms with Crippen LogP contribution < -0.4 is 0 Å². The molecule has 0 spiro atoms. The van der Waals surface area contributed by atoms with Crippen LogP contribution in [0.2, 0.25) is 0 Å². The Balaban J connectivity index is 2.47. The third kappa shape index (κ3) is 3.89. The number of hydrogen-bond acceptors (Lipinski definition) is 1. The van der Waals surface area contributed by atoms with E-state index < -0.39 is 0 Å². The number of fused-ring (bicyclic) bond motifs is 1. The molecule has 0 radical (unpaired) electrons. The van der Waals surface area contributed by atoms with Gasteiger partial charge in [-0.1, -0.05) is 41.5 Å². The number of pyridine rings is 1. The fourth-order valence-corrected chi connectivity index (χ4v) is 3.88. The Kier molecular flexibility index (Phi) is 4.72. The van der Waals surface area contributed by atoms with E-state index in [1.807, 2.05) is 4.40 Å². The minimum Gasteiger partial charge on any atom is -0.302 e. The van der Waals surface area contributed by atoms with E-state index in [0.717, 1.165) is 25.0 Å². The lowest BCUT2D eigenvalue weighted by atomic mass is 9.73. The predicted molar refractivity (Wildman–Crippen MR) is 93.8 cm³/mol. The normalized spacial score (nSPS) is 13.1. The molecular formula is C18H26BrFN2. The van der Waals surface area contributed by atoms with Crippen molar-refractivity contribution in [2.45, 2.75) is 60.8 Å². The second-order valence-corrected chi connectivity index (χ2v) is 8.99. The van der Waals surface area contributed by atoms with Crippen molar-refractivity contribution in [3.05, 3.63) is 33.9 Å². The van der Waals surface area contributed by atoms with Crippen molar-refractivity contribution < 1.29 is 4.39 Å². The van der Waals surface area contributed by atoms with Crippen molar-refractivity contribution in [2.24, 2.45) is 10.8 Å². The molecule has 0 bridgehead atoms. The second kappa shape index (κ2) is 5.95. The molecule has 0 unspecified atom stereocenters. The van der Waals surface area contributed by atoms with Crippen LogP contribution in [0.5, 0.6) is 0 Å². The summed E-state index contributed by atoms with van der Waals surface area (Å²) in [5.41, 5.74) is 3.41. The summed E-state index contributed by atoms with van der Waals surface area (Å²) in [5, 5.41) is 0. The Morgan fingerprint density at radius 1 is 1.23 bits per heavy atom. The zero-order valence-corrected chi connectivity index (χ0v) is 16.0. The molecule has 2 aromatic rings. The Morgan fingerprint density at radius 2 is 1.86 bits per heavy atom. The molecule has 0 fully saturated rings. The van der Waals surface area contributed by atoms with Gasteiger partial charge in [0.15, 0.2) is 0 Å². The Bertz CT molecular complexity index is 680. The number of aromatic nitrogens is 2. The van der Waals surface area contributed by atoms with E-state index in [-0.39, 0.29) is 16.6 Å². The number of halogens is 2. The average Bonchev–Trinajstić information content (AvgIpc) is 2.64. The van der Waals surface area contributed by atoms with Crippen molar-refractivity contribution in [1.82, 2.24) is 9.38 Å². The minimum absolute atomic E-state index is 0.166. The summed E-state index contributed by atoms with van der Waals surface area (Å²) in [6.07, 6.45) is 4.73. The highest BCUT2D eigenvalue weighted by atomic mass is 79.9. The van der Waals surface area contributed by atoms with Gasteiger partial charge < -0.3 is 4.40 Å². The number of imidazole rings is 1. The quantitative estimate of drug-likeness (QED) is 0.665. The fraction of sp³-hybridized carbons (Fsp3) is 0.611. The number of aryl methyl sites for hydroxylation is 1. The Hall–Kier alpha value is -0.900. The maximum Gasteiger partial charge on any atom is 0.142 e. The largest absolute Gasteiger partial charge is 0.302 e. The highest BCUT2D eigenvalue weighted by Gasteiger charge is 2.28.